The first kappa shape index (κ1) is 46.7. The number of hydrogen-bond acceptors (Lipinski definition) is 10. The Labute approximate surface area is 346 Å². The predicted molar refractivity (Wildman–Crippen MR) is 224 cm³/mol. The van der Waals surface area contributed by atoms with Crippen LogP contribution in [0.5, 0.6) is 0 Å². The maximum absolute atomic E-state index is 13.0. The van der Waals surface area contributed by atoms with E-state index in [4.69, 9.17) is 23.7 Å². The number of hydrogen-bond donors (Lipinski definition) is 2. The van der Waals surface area contributed by atoms with Crippen LogP contribution in [0.3, 0.4) is 0 Å². The smallest absolute Gasteiger partial charge is 0.412 e. The number of esters is 1. The molecule has 0 saturated heterocycles. The van der Waals surface area contributed by atoms with Gasteiger partial charge in [-0.05, 0) is 116 Å². The third kappa shape index (κ3) is 18.4. The highest BCUT2D eigenvalue weighted by molar-refractivity contribution is 5.91. The molecule has 0 spiro atoms. The lowest BCUT2D eigenvalue weighted by molar-refractivity contribution is 0.00687. The van der Waals surface area contributed by atoms with Crippen molar-refractivity contribution in [3.63, 3.8) is 0 Å². The van der Waals surface area contributed by atoms with Crippen LogP contribution in [0.1, 0.15) is 94.9 Å². The van der Waals surface area contributed by atoms with E-state index in [-0.39, 0.29) is 31.9 Å². The van der Waals surface area contributed by atoms with Gasteiger partial charge in [0.15, 0.2) is 13.2 Å². The van der Waals surface area contributed by atoms with Gasteiger partial charge in [-0.15, -0.1) is 0 Å². The minimum Gasteiger partial charge on any atom is -0.456 e. The Morgan fingerprint density at radius 3 is 1.24 bits per heavy atom. The van der Waals surface area contributed by atoms with E-state index >= 15 is 0 Å². The van der Waals surface area contributed by atoms with Crippen LogP contribution in [0.4, 0.5) is 30.6 Å². The monoisotopic (exact) mass is 810 g/mol. The zero-order valence-corrected chi connectivity index (χ0v) is 35.7. The van der Waals surface area contributed by atoms with Gasteiger partial charge in [-0.25, -0.2) is 24.0 Å². The molecule has 0 aromatic heterocycles. The molecular weight excluding hydrogens is 757 g/mol. The standard InChI is InChI=1S/C45H54N4O10/c1-43(2,3)57-38(50)35-27-33(14-12-24-55-41(53)48(10)29-31-16-20-36(21-17-31)46-39(51)58-44(4,5)6)26-34(28-35)15-13-25-56-42(54)49(11)30-32-18-22-37(23-19-32)47-40(52)59-45(7,8)9/h16-23,26-28H,24-25,29-30H2,1-11H3,(H,46,51)(H,47,52). The van der Waals surface area contributed by atoms with Gasteiger partial charge in [-0.3, -0.25) is 10.6 Å². The van der Waals surface area contributed by atoms with Crippen LogP contribution in [-0.2, 0) is 36.8 Å². The average Bonchev–Trinajstić information content (AvgIpc) is 3.11. The van der Waals surface area contributed by atoms with E-state index in [1.165, 1.54) is 9.80 Å². The predicted octanol–water partition coefficient (Wildman–Crippen LogP) is 8.58. The molecule has 314 valence electrons. The molecule has 0 bridgehead atoms. The van der Waals surface area contributed by atoms with E-state index < -0.39 is 47.1 Å². The summed E-state index contributed by atoms with van der Waals surface area (Å²) in [5, 5.41) is 5.33. The molecule has 0 aliphatic heterocycles. The Hall–Kier alpha value is -6.67. The number of amides is 4. The van der Waals surface area contributed by atoms with Crippen LogP contribution in [0.15, 0.2) is 66.7 Å². The summed E-state index contributed by atoms with van der Waals surface area (Å²) < 4.78 is 26.7. The second-order valence-corrected chi connectivity index (χ2v) is 16.4. The Morgan fingerprint density at radius 1 is 0.542 bits per heavy atom. The number of carbonyl (C=O) groups excluding carboxylic acids is 5. The summed E-state index contributed by atoms with van der Waals surface area (Å²) >= 11 is 0. The van der Waals surface area contributed by atoms with E-state index in [0.717, 1.165) is 11.1 Å². The summed E-state index contributed by atoms with van der Waals surface area (Å²) in [4.78, 5) is 65.1. The number of carbonyl (C=O) groups is 5. The van der Waals surface area contributed by atoms with Crippen molar-refractivity contribution in [1.82, 2.24) is 9.80 Å². The summed E-state index contributed by atoms with van der Waals surface area (Å²) in [5.74, 6) is 10.8. The van der Waals surface area contributed by atoms with Crippen LogP contribution in [0.25, 0.3) is 0 Å². The molecule has 0 atom stereocenters. The molecule has 0 unspecified atom stereocenters. The summed E-state index contributed by atoms with van der Waals surface area (Å²) in [6.07, 6.45) is -2.33. The van der Waals surface area contributed by atoms with E-state index in [1.54, 1.807) is 143 Å². The molecule has 14 heteroatoms. The van der Waals surface area contributed by atoms with Crippen LogP contribution in [-0.4, -0.2) is 84.3 Å². The molecule has 0 radical (unpaired) electrons. The maximum Gasteiger partial charge on any atom is 0.412 e. The Morgan fingerprint density at radius 2 is 0.898 bits per heavy atom. The lowest BCUT2D eigenvalue weighted by atomic mass is 10.1. The Bertz CT molecular complexity index is 1950. The van der Waals surface area contributed by atoms with E-state index in [1.807, 2.05) is 0 Å². The average molecular weight is 811 g/mol. The zero-order chi connectivity index (χ0) is 44.0. The summed E-state index contributed by atoms with van der Waals surface area (Å²) in [6.45, 7) is 16.0. The first-order chi connectivity index (χ1) is 27.4. The molecule has 14 nitrogen and oxygen atoms in total. The molecule has 0 saturated carbocycles. The second-order valence-electron chi connectivity index (χ2n) is 16.4. The molecule has 0 heterocycles. The van der Waals surface area contributed by atoms with Gasteiger partial charge in [0.1, 0.15) is 16.8 Å². The van der Waals surface area contributed by atoms with Crippen LogP contribution >= 0.6 is 0 Å². The van der Waals surface area contributed by atoms with Crippen LogP contribution in [0, 0.1) is 23.7 Å². The number of rotatable bonds is 9. The first-order valence-corrected chi connectivity index (χ1v) is 18.7. The summed E-state index contributed by atoms with van der Waals surface area (Å²) in [7, 11) is 3.17. The lowest BCUT2D eigenvalue weighted by Gasteiger charge is -2.20. The highest BCUT2D eigenvalue weighted by Crippen LogP contribution is 2.18. The highest BCUT2D eigenvalue weighted by atomic mass is 16.6. The van der Waals surface area contributed by atoms with E-state index in [0.29, 0.717) is 22.5 Å². The lowest BCUT2D eigenvalue weighted by Crippen LogP contribution is -2.27. The van der Waals surface area contributed by atoms with E-state index in [9.17, 15) is 24.0 Å². The Kier molecular flexibility index (Phi) is 16.4. The molecule has 3 aromatic rings. The van der Waals surface area contributed by atoms with Gasteiger partial charge in [0.05, 0.1) is 5.56 Å². The summed E-state index contributed by atoms with van der Waals surface area (Å²) in [5.41, 5.74) is 1.77. The topological polar surface area (TPSA) is 162 Å². The van der Waals surface area contributed by atoms with Gasteiger partial charge < -0.3 is 33.5 Å². The van der Waals surface area contributed by atoms with Crippen LogP contribution in [0.2, 0.25) is 0 Å². The third-order valence-corrected chi connectivity index (χ3v) is 7.23. The van der Waals surface area contributed by atoms with Crippen molar-refractivity contribution in [3.8, 4) is 23.7 Å². The summed E-state index contributed by atoms with van der Waals surface area (Å²) in [6, 6.07) is 18.7. The fraction of sp³-hybridized carbons (Fsp3) is 0.400. The van der Waals surface area contributed by atoms with Gasteiger partial charge in [0.2, 0.25) is 0 Å². The molecule has 0 aliphatic rings. The fourth-order valence-corrected chi connectivity index (χ4v) is 4.83. The first-order valence-electron chi connectivity index (χ1n) is 18.7. The minimum absolute atomic E-state index is 0.212. The minimum atomic E-state index is -0.747. The number of benzene rings is 3. The number of ether oxygens (including phenoxy) is 5. The largest absolute Gasteiger partial charge is 0.456 e. The molecule has 59 heavy (non-hydrogen) atoms. The van der Waals surface area contributed by atoms with Crippen molar-refractivity contribution in [3.05, 3.63) is 94.5 Å². The second kappa shape index (κ2) is 20.7. The quantitative estimate of drug-likeness (QED) is 0.122. The van der Waals surface area contributed by atoms with E-state index in [2.05, 4.69) is 34.3 Å². The zero-order valence-electron chi connectivity index (χ0n) is 35.7. The van der Waals surface area contributed by atoms with Crippen LogP contribution < -0.4 is 10.6 Å². The molecule has 0 fully saturated rings. The number of nitrogens with one attached hydrogen (secondary N) is 2. The molecule has 3 aromatic carbocycles. The third-order valence-electron chi connectivity index (χ3n) is 7.23. The van der Waals surface area contributed by atoms with Gasteiger partial charge >= 0.3 is 30.3 Å². The van der Waals surface area contributed by atoms with Crippen molar-refractivity contribution in [1.29, 1.82) is 0 Å². The van der Waals surface area contributed by atoms with Crippen molar-refractivity contribution in [2.75, 3.05) is 37.9 Å². The maximum atomic E-state index is 13.0. The SMILES string of the molecule is CN(Cc1ccc(NC(=O)OC(C)(C)C)cc1)C(=O)OCC#Cc1cc(C#CCOC(=O)N(C)Cc2ccc(NC(=O)OC(C)(C)C)cc2)cc(C(=O)OC(C)(C)C)c1. The fourth-order valence-electron chi connectivity index (χ4n) is 4.83. The van der Waals surface area contributed by atoms with Crippen molar-refractivity contribution < 1.29 is 47.7 Å². The van der Waals surface area contributed by atoms with Crippen molar-refractivity contribution >= 4 is 41.7 Å². The number of nitrogens with zero attached hydrogens (tertiary/aromatic N) is 2. The Balaban J connectivity index is 1.58. The highest BCUT2D eigenvalue weighted by Gasteiger charge is 2.20. The molecule has 0 aliphatic carbocycles. The van der Waals surface area contributed by atoms with Crippen molar-refractivity contribution in [2.24, 2.45) is 0 Å². The number of anilines is 2. The molecule has 2 N–H and O–H groups in total. The van der Waals surface area contributed by atoms with Gasteiger partial charge in [0.25, 0.3) is 0 Å². The van der Waals surface area contributed by atoms with Gasteiger partial charge in [-0.2, -0.15) is 0 Å². The molecular formula is C45H54N4O10. The van der Waals surface area contributed by atoms with Gasteiger partial charge in [-0.1, -0.05) is 47.9 Å². The normalized spacial score (nSPS) is 11.0. The molecule has 3 rings (SSSR count). The van der Waals surface area contributed by atoms with Crippen molar-refractivity contribution in [2.45, 2.75) is 92.2 Å². The molecule has 4 amide bonds. The van der Waals surface area contributed by atoms with Gasteiger partial charge in [0, 0.05) is 49.7 Å².